The molecule has 2 aliphatic heterocycles. The van der Waals surface area contributed by atoms with Gasteiger partial charge in [0.05, 0.1) is 31.1 Å². The number of ether oxygens (including phenoxy) is 1. The van der Waals surface area contributed by atoms with Crippen molar-refractivity contribution in [3.05, 3.63) is 77.6 Å². The molecule has 1 fully saturated rings. The Hall–Kier alpha value is -3.31. The molecule has 2 aliphatic rings. The Labute approximate surface area is 155 Å². The van der Waals surface area contributed by atoms with Crippen molar-refractivity contribution in [3.63, 3.8) is 0 Å². The maximum absolute atomic E-state index is 5.80. The SMILES string of the molecule is c1coc(-c2[nH]nc3c2C(c2cccc4ccccc24)=C2COCC2N3)c1. The minimum Gasteiger partial charge on any atom is -0.463 e. The molecule has 0 radical (unpaired) electrons. The highest BCUT2D eigenvalue weighted by Gasteiger charge is 2.36. The molecule has 6 rings (SSSR count). The summed E-state index contributed by atoms with van der Waals surface area (Å²) in [5.74, 6) is 1.63. The summed E-state index contributed by atoms with van der Waals surface area (Å²) in [6, 6.07) is 18.9. The van der Waals surface area contributed by atoms with Crippen LogP contribution in [0.25, 0.3) is 27.8 Å². The number of hydrogen-bond acceptors (Lipinski definition) is 4. The lowest BCUT2D eigenvalue weighted by molar-refractivity contribution is 0.201. The average Bonchev–Trinajstić information content (AvgIpc) is 3.45. The monoisotopic (exact) mass is 355 g/mol. The number of rotatable bonds is 2. The first-order chi connectivity index (χ1) is 13.4. The van der Waals surface area contributed by atoms with Crippen molar-refractivity contribution in [1.82, 2.24) is 10.2 Å². The molecule has 5 heteroatoms. The zero-order chi connectivity index (χ0) is 17.8. The lowest BCUT2D eigenvalue weighted by Gasteiger charge is -2.25. The van der Waals surface area contributed by atoms with Gasteiger partial charge < -0.3 is 14.5 Å². The number of nitrogens with one attached hydrogen (secondary N) is 2. The molecule has 0 spiro atoms. The molecule has 1 saturated heterocycles. The first kappa shape index (κ1) is 14.8. The van der Waals surface area contributed by atoms with Gasteiger partial charge in [0.15, 0.2) is 11.6 Å². The number of H-pyrrole nitrogens is 1. The van der Waals surface area contributed by atoms with E-state index in [0.717, 1.165) is 22.8 Å². The van der Waals surface area contributed by atoms with Crippen molar-refractivity contribution in [2.24, 2.45) is 0 Å². The number of furan rings is 1. The topological polar surface area (TPSA) is 63.1 Å². The fourth-order valence-electron chi connectivity index (χ4n) is 4.23. The number of nitrogens with zero attached hydrogens (tertiary/aromatic N) is 1. The van der Waals surface area contributed by atoms with Crippen molar-refractivity contribution < 1.29 is 9.15 Å². The average molecular weight is 355 g/mol. The van der Waals surface area contributed by atoms with E-state index in [1.54, 1.807) is 6.26 Å². The number of hydrogen-bond donors (Lipinski definition) is 2. The fourth-order valence-corrected chi connectivity index (χ4v) is 4.23. The lowest BCUT2D eigenvalue weighted by Crippen LogP contribution is -2.26. The van der Waals surface area contributed by atoms with Crippen LogP contribution >= 0.6 is 0 Å². The summed E-state index contributed by atoms with van der Waals surface area (Å²) >= 11 is 0. The second kappa shape index (κ2) is 5.59. The molecule has 4 aromatic rings. The lowest BCUT2D eigenvalue weighted by atomic mass is 9.85. The predicted molar refractivity (Wildman–Crippen MR) is 104 cm³/mol. The van der Waals surface area contributed by atoms with Gasteiger partial charge in [-0.2, -0.15) is 5.10 Å². The molecule has 4 heterocycles. The molecular weight excluding hydrogens is 338 g/mol. The molecule has 132 valence electrons. The maximum Gasteiger partial charge on any atom is 0.157 e. The highest BCUT2D eigenvalue weighted by atomic mass is 16.5. The Kier molecular flexibility index (Phi) is 3.07. The first-order valence-electron chi connectivity index (χ1n) is 9.08. The van der Waals surface area contributed by atoms with Crippen LogP contribution < -0.4 is 5.32 Å². The van der Waals surface area contributed by atoms with Gasteiger partial charge in [-0.05, 0) is 39.6 Å². The summed E-state index contributed by atoms with van der Waals surface area (Å²) in [7, 11) is 0. The standard InChI is InChI=1S/C22H17N3O2/c1-2-7-14-13(5-1)6-3-8-15(14)19-16-11-26-12-17(16)23-22-20(19)21(24-25-22)18-9-4-10-27-18/h1-10,17H,11-12H2,(H2,23,24,25). The summed E-state index contributed by atoms with van der Waals surface area (Å²) in [6.07, 6.45) is 1.69. The van der Waals surface area contributed by atoms with Crippen molar-refractivity contribution in [1.29, 1.82) is 0 Å². The van der Waals surface area contributed by atoms with Crippen LogP contribution in [-0.4, -0.2) is 29.5 Å². The summed E-state index contributed by atoms with van der Waals surface area (Å²) in [6.45, 7) is 1.28. The van der Waals surface area contributed by atoms with Crippen molar-refractivity contribution >= 4 is 22.2 Å². The van der Waals surface area contributed by atoms with Crippen LogP contribution in [0.1, 0.15) is 11.1 Å². The van der Waals surface area contributed by atoms with Crippen LogP contribution in [0.15, 0.2) is 70.9 Å². The zero-order valence-electron chi connectivity index (χ0n) is 14.5. The van der Waals surface area contributed by atoms with E-state index in [4.69, 9.17) is 9.15 Å². The minimum atomic E-state index is 0.152. The number of benzene rings is 2. The van der Waals surface area contributed by atoms with Gasteiger partial charge in [0, 0.05) is 0 Å². The third kappa shape index (κ3) is 2.12. The Morgan fingerprint density at radius 3 is 2.85 bits per heavy atom. The quantitative estimate of drug-likeness (QED) is 0.558. The van der Waals surface area contributed by atoms with Gasteiger partial charge in [0.25, 0.3) is 0 Å². The van der Waals surface area contributed by atoms with Crippen LogP contribution in [0.2, 0.25) is 0 Å². The number of fused-ring (bicyclic) bond motifs is 3. The minimum absolute atomic E-state index is 0.152. The highest BCUT2D eigenvalue weighted by molar-refractivity contribution is 6.04. The van der Waals surface area contributed by atoms with E-state index in [1.807, 2.05) is 12.1 Å². The van der Waals surface area contributed by atoms with Crippen LogP contribution in [0.5, 0.6) is 0 Å². The van der Waals surface area contributed by atoms with Gasteiger partial charge in [-0.3, -0.25) is 5.10 Å². The van der Waals surface area contributed by atoms with E-state index < -0.39 is 0 Å². The molecule has 2 aromatic carbocycles. The molecule has 2 N–H and O–H groups in total. The van der Waals surface area contributed by atoms with Crippen molar-refractivity contribution in [2.75, 3.05) is 18.5 Å². The van der Waals surface area contributed by atoms with Gasteiger partial charge in [0.1, 0.15) is 5.69 Å². The number of anilines is 1. The second-order valence-corrected chi connectivity index (χ2v) is 6.94. The molecule has 0 bridgehead atoms. The highest BCUT2D eigenvalue weighted by Crippen LogP contribution is 2.45. The Morgan fingerprint density at radius 2 is 1.93 bits per heavy atom. The molecule has 0 amide bonds. The second-order valence-electron chi connectivity index (χ2n) is 6.94. The molecular formula is C22H17N3O2. The van der Waals surface area contributed by atoms with Gasteiger partial charge in [-0.15, -0.1) is 0 Å². The van der Waals surface area contributed by atoms with Gasteiger partial charge in [-0.1, -0.05) is 42.5 Å². The first-order valence-corrected chi connectivity index (χ1v) is 9.08. The molecule has 1 unspecified atom stereocenters. The Morgan fingerprint density at radius 1 is 1.00 bits per heavy atom. The summed E-state index contributed by atoms with van der Waals surface area (Å²) < 4.78 is 11.5. The molecule has 1 atom stereocenters. The summed E-state index contributed by atoms with van der Waals surface area (Å²) in [5.41, 5.74) is 5.62. The van der Waals surface area contributed by atoms with Crippen molar-refractivity contribution in [2.45, 2.75) is 6.04 Å². The molecule has 27 heavy (non-hydrogen) atoms. The van der Waals surface area contributed by atoms with Crippen LogP contribution in [0, 0.1) is 0 Å². The van der Waals surface area contributed by atoms with Crippen LogP contribution in [0.3, 0.4) is 0 Å². The summed E-state index contributed by atoms with van der Waals surface area (Å²) in [4.78, 5) is 0. The fraction of sp³-hybridized carbons (Fsp3) is 0.136. The molecule has 5 nitrogen and oxygen atoms in total. The smallest absolute Gasteiger partial charge is 0.157 e. The van der Waals surface area contributed by atoms with Crippen molar-refractivity contribution in [3.8, 4) is 11.5 Å². The molecule has 2 aromatic heterocycles. The third-order valence-electron chi connectivity index (χ3n) is 5.44. The maximum atomic E-state index is 5.80. The van der Waals surface area contributed by atoms with Gasteiger partial charge >= 0.3 is 0 Å². The zero-order valence-corrected chi connectivity index (χ0v) is 14.5. The Balaban J connectivity index is 1.69. The van der Waals surface area contributed by atoms with E-state index in [2.05, 4.69) is 58.0 Å². The molecule has 0 aliphatic carbocycles. The summed E-state index contributed by atoms with van der Waals surface area (Å²) in [5, 5.41) is 13.7. The van der Waals surface area contributed by atoms with E-state index in [-0.39, 0.29) is 6.04 Å². The molecule has 0 saturated carbocycles. The predicted octanol–water partition coefficient (Wildman–Crippen LogP) is 4.45. The normalized spacial score (nSPS) is 18.4. The third-order valence-corrected chi connectivity index (χ3v) is 5.44. The van der Waals surface area contributed by atoms with E-state index in [9.17, 15) is 0 Å². The van der Waals surface area contributed by atoms with E-state index in [0.29, 0.717) is 13.2 Å². The number of aromatic amines is 1. The van der Waals surface area contributed by atoms with Gasteiger partial charge in [-0.25, -0.2) is 0 Å². The van der Waals surface area contributed by atoms with E-state index in [1.165, 1.54) is 27.5 Å². The largest absolute Gasteiger partial charge is 0.463 e. The van der Waals surface area contributed by atoms with E-state index >= 15 is 0 Å². The Bertz CT molecular complexity index is 1180. The van der Waals surface area contributed by atoms with Crippen LogP contribution in [-0.2, 0) is 4.74 Å². The van der Waals surface area contributed by atoms with Crippen LogP contribution in [0.4, 0.5) is 5.82 Å². The van der Waals surface area contributed by atoms with Gasteiger partial charge in [0.2, 0.25) is 0 Å². The number of aromatic nitrogens is 2.